The van der Waals surface area contributed by atoms with Gasteiger partial charge < -0.3 is 14.5 Å². The van der Waals surface area contributed by atoms with Gasteiger partial charge in [0.15, 0.2) is 0 Å². The van der Waals surface area contributed by atoms with Crippen molar-refractivity contribution in [2.24, 2.45) is 0 Å². The van der Waals surface area contributed by atoms with Gasteiger partial charge in [-0.15, -0.1) is 0 Å². The Morgan fingerprint density at radius 2 is 2.45 bits per heavy atom. The minimum Gasteiger partial charge on any atom is -0.365 e. The fourth-order valence-corrected chi connectivity index (χ4v) is 0.847. The molecule has 0 saturated carbocycles. The highest BCUT2D eigenvalue weighted by Gasteiger charge is 1.91. The number of nitrogens with one attached hydrogen (secondary N) is 1. The third-order valence-corrected chi connectivity index (χ3v) is 1.38. The van der Waals surface area contributed by atoms with Crippen molar-refractivity contribution in [2.45, 2.75) is 6.42 Å². The van der Waals surface area contributed by atoms with Gasteiger partial charge in [0.25, 0.3) is 0 Å². The number of hydrogen-bond donors (Lipinski definition) is 1. The van der Waals surface area contributed by atoms with Gasteiger partial charge in [0.2, 0.25) is 0 Å². The van der Waals surface area contributed by atoms with E-state index in [9.17, 15) is 0 Å². The number of H-pyrrole nitrogens is 1. The van der Waals surface area contributed by atoms with Crippen LogP contribution in [0.2, 0.25) is 0 Å². The van der Waals surface area contributed by atoms with Crippen LogP contribution in [-0.4, -0.2) is 25.5 Å². The van der Waals surface area contributed by atoms with Crippen LogP contribution in [0.5, 0.6) is 0 Å². The summed E-state index contributed by atoms with van der Waals surface area (Å²) >= 11 is 0. The average molecular weight is 155 g/mol. The minimum atomic E-state index is 0.376. The lowest BCUT2D eigenvalue weighted by Crippen LogP contribution is -2.01. The van der Waals surface area contributed by atoms with E-state index in [1.165, 1.54) is 5.69 Å². The monoisotopic (exact) mass is 155 g/mol. The van der Waals surface area contributed by atoms with Gasteiger partial charge in [-0.2, -0.15) is 0 Å². The average Bonchev–Trinajstić information content (AvgIpc) is 2.50. The second-order valence-electron chi connectivity index (χ2n) is 2.26. The Morgan fingerprint density at radius 1 is 1.55 bits per heavy atom. The molecular formula is C8H13NO2. The molecule has 0 radical (unpaired) electrons. The zero-order chi connectivity index (χ0) is 7.94. The van der Waals surface area contributed by atoms with Crippen LogP contribution >= 0.6 is 0 Å². The lowest BCUT2D eigenvalue weighted by Gasteiger charge is -2.00. The van der Waals surface area contributed by atoms with Gasteiger partial charge in [-0.3, -0.25) is 0 Å². The zero-order valence-corrected chi connectivity index (χ0v) is 6.67. The first-order valence-electron chi connectivity index (χ1n) is 3.62. The molecule has 0 unspecified atom stereocenters. The van der Waals surface area contributed by atoms with Crippen LogP contribution in [0.4, 0.5) is 0 Å². The number of ether oxygens (including phenoxy) is 2. The predicted molar refractivity (Wildman–Crippen MR) is 42.3 cm³/mol. The van der Waals surface area contributed by atoms with Crippen molar-refractivity contribution in [1.29, 1.82) is 0 Å². The molecule has 62 valence electrons. The van der Waals surface area contributed by atoms with Gasteiger partial charge in [-0.25, -0.2) is 0 Å². The summed E-state index contributed by atoms with van der Waals surface area (Å²) in [5, 5.41) is 0. The van der Waals surface area contributed by atoms with Gasteiger partial charge in [0.05, 0.1) is 6.61 Å². The Kier molecular flexibility index (Phi) is 3.72. The standard InChI is InChI=1S/C8H13NO2/c1-10-7-11-6-4-8-3-2-5-9-8/h2-3,5,9H,4,6-7H2,1H3. The highest BCUT2D eigenvalue weighted by molar-refractivity contribution is 5.03. The van der Waals surface area contributed by atoms with Gasteiger partial charge in [0, 0.05) is 25.4 Å². The van der Waals surface area contributed by atoms with E-state index < -0.39 is 0 Å². The first-order chi connectivity index (χ1) is 5.43. The van der Waals surface area contributed by atoms with Crippen molar-refractivity contribution in [3.63, 3.8) is 0 Å². The summed E-state index contributed by atoms with van der Waals surface area (Å²) in [7, 11) is 1.62. The van der Waals surface area contributed by atoms with Crippen LogP contribution < -0.4 is 0 Å². The molecule has 0 bridgehead atoms. The summed E-state index contributed by atoms with van der Waals surface area (Å²) < 4.78 is 9.84. The van der Waals surface area contributed by atoms with Crippen LogP contribution in [0.1, 0.15) is 5.69 Å². The Labute approximate surface area is 66.3 Å². The summed E-state index contributed by atoms with van der Waals surface area (Å²) in [6, 6.07) is 4.02. The molecule has 0 atom stereocenters. The van der Waals surface area contributed by atoms with Crippen LogP contribution in [0.3, 0.4) is 0 Å². The van der Waals surface area contributed by atoms with E-state index in [1.54, 1.807) is 7.11 Å². The predicted octanol–water partition coefficient (Wildman–Crippen LogP) is 1.18. The van der Waals surface area contributed by atoms with Crippen molar-refractivity contribution in [3.8, 4) is 0 Å². The SMILES string of the molecule is COCOCCc1ccc[nH]1. The molecule has 0 amide bonds. The number of rotatable bonds is 5. The largest absolute Gasteiger partial charge is 0.365 e. The number of hydrogen-bond acceptors (Lipinski definition) is 2. The van der Waals surface area contributed by atoms with E-state index >= 15 is 0 Å². The number of aromatic nitrogens is 1. The second-order valence-corrected chi connectivity index (χ2v) is 2.26. The summed E-state index contributed by atoms with van der Waals surface area (Å²) in [5.41, 5.74) is 1.20. The lowest BCUT2D eigenvalue weighted by molar-refractivity contribution is -0.0293. The highest BCUT2D eigenvalue weighted by atomic mass is 16.7. The van der Waals surface area contributed by atoms with Gasteiger partial charge in [0.1, 0.15) is 6.79 Å². The molecular weight excluding hydrogens is 142 g/mol. The second kappa shape index (κ2) is 4.93. The number of aromatic amines is 1. The molecule has 11 heavy (non-hydrogen) atoms. The highest BCUT2D eigenvalue weighted by Crippen LogP contribution is 1.95. The molecule has 0 aromatic carbocycles. The molecule has 1 rings (SSSR count). The molecule has 1 N–H and O–H groups in total. The Bertz CT molecular complexity index is 172. The van der Waals surface area contributed by atoms with E-state index in [0.29, 0.717) is 13.4 Å². The molecule has 1 aromatic rings. The summed E-state index contributed by atoms with van der Waals surface area (Å²) in [4.78, 5) is 3.09. The van der Waals surface area contributed by atoms with E-state index in [2.05, 4.69) is 4.98 Å². The minimum absolute atomic E-state index is 0.376. The van der Waals surface area contributed by atoms with Gasteiger partial charge >= 0.3 is 0 Å². The van der Waals surface area contributed by atoms with Crippen LogP contribution in [0.25, 0.3) is 0 Å². The quantitative estimate of drug-likeness (QED) is 0.511. The third kappa shape index (κ3) is 3.20. The summed E-state index contributed by atoms with van der Waals surface area (Å²) in [6.07, 6.45) is 2.82. The van der Waals surface area contributed by atoms with E-state index in [-0.39, 0.29) is 0 Å². The molecule has 1 heterocycles. The molecule has 3 heteroatoms. The summed E-state index contributed by atoms with van der Waals surface area (Å²) in [5.74, 6) is 0. The smallest absolute Gasteiger partial charge is 0.146 e. The third-order valence-electron chi connectivity index (χ3n) is 1.38. The zero-order valence-electron chi connectivity index (χ0n) is 6.67. The Hall–Kier alpha value is -0.800. The van der Waals surface area contributed by atoms with Crippen LogP contribution in [0.15, 0.2) is 18.3 Å². The van der Waals surface area contributed by atoms with E-state index in [1.807, 2.05) is 18.3 Å². The maximum Gasteiger partial charge on any atom is 0.146 e. The fourth-order valence-electron chi connectivity index (χ4n) is 0.847. The maximum absolute atomic E-state index is 5.11. The van der Waals surface area contributed by atoms with E-state index in [0.717, 1.165) is 6.42 Å². The molecule has 0 aliphatic rings. The first-order valence-corrected chi connectivity index (χ1v) is 3.62. The molecule has 0 saturated heterocycles. The fraction of sp³-hybridized carbons (Fsp3) is 0.500. The molecule has 0 aliphatic carbocycles. The maximum atomic E-state index is 5.11. The topological polar surface area (TPSA) is 34.2 Å². The first kappa shape index (κ1) is 8.30. The Morgan fingerprint density at radius 3 is 3.09 bits per heavy atom. The van der Waals surface area contributed by atoms with Gasteiger partial charge in [-0.1, -0.05) is 0 Å². The lowest BCUT2D eigenvalue weighted by atomic mass is 10.3. The molecule has 0 fully saturated rings. The van der Waals surface area contributed by atoms with E-state index in [4.69, 9.17) is 9.47 Å². The summed E-state index contributed by atoms with van der Waals surface area (Å²) in [6.45, 7) is 1.08. The normalized spacial score (nSPS) is 10.3. The molecule has 0 aliphatic heterocycles. The van der Waals surface area contributed by atoms with Crippen molar-refractivity contribution < 1.29 is 9.47 Å². The van der Waals surface area contributed by atoms with Crippen molar-refractivity contribution in [1.82, 2.24) is 4.98 Å². The Balaban J connectivity index is 2.04. The molecule has 1 aromatic heterocycles. The van der Waals surface area contributed by atoms with Crippen molar-refractivity contribution >= 4 is 0 Å². The van der Waals surface area contributed by atoms with Crippen molar-refractivity contribution in [2.75, 3.05) is 20.5 Å². The van der Waals surface area contributed by atoms with Gasteiger partial charge in [-0.05, 0) is 12.1 Å². The molecule has 3 nitrogen and oxygen atoms in total. The van der Waals surface area contributed by atoms with Crippen molar-refractivity contribution in [3.05, 3.63) is 24.0 Å². The number of methoxy groups -OCH3 is 1. The molecule has 0 spiro atoms. The van der Waals surface area contributed by atoms with Crippen LogP contribution in [0, 0.1) is 0 Å². The van der Waals surface area contributed by atoms with Crippen LogP contribution in [-0.2, 0) is 15.9 Å².